The number of aromatic carboxylic acids is 1. The van der Waals surface area contributed by atoms with Crippen molar-refractivity contribution in [2.45, 2.75) is 44.6 Å². The SMILES string of the molecule is COc1ccc(C2(C(=O)N(CCCc3ccsc3)Cc3nc(C(=O)O)c(C)s3)CC2)nc1. The molecule has 0 spiro atoms. The highest BCUT2D eigenvalue weighted by Gasteiger charge is 2.54. The lowest BCUT2D eigenvalue weighted by Gasteiger charge is -2.26. The Morgan fingerprint density at radius 3 is 2.66 bits per heavy atom. The number of hydrogen-bond acceptors (Lipinski definition) is 7. The summed E-state index contributed by atoms with van der Waals surface area (Å²) in [5.41, 5.74) is 1.47. The highest BCUT2D eigenvalue weighted by Crippen LogP contribution is 2.49. The molecule has 4 rings (SSSR count). The molecule has 0 radical (unpaired) electrons. The van der Waals surface area contributed by atoms with Crippen LogP contribution in [0, 0.1) is 6.92 Å². The number of methoxy groups -OCH3 is 1. The third kappa shape index (κ3) is 4.68. The van der Waals surface area contributed by atoms with E-state index in [0.29, 0.717) is 28.7 Å². The van der Waals surface area contributed by atoms with Gasteiger partial charge in [0.1, 0.15) is 10.8 Å². The van der Waals surface area contributed by atoms with Gasteiger partial charge in [-0.05, 0) is 67.1 Å². The minimum absolute atomic E-state index is 0.0326. The van der Waals surface area contributed by atoms with E-state index >= 15 is 0 Å². The zero-order valence-electron chi connectivity index (χ0n) is 18.0. The largest absolute Gasteiger partial charge is 0.495 e. The molecule has 0 aromatic carbocycles. The van der Waals surface area contributed by atoms with Crippen LogP contribution in [-0.4, -0.2) is 45.5 Å². The van der Waals surface area contributed by atoms with E-state index in [1.807, 2.05) is 17.0 Å². The van der Waals surface area contributed by atoms with E-state index in [0.717, 1.165) is 31.4 Å². The van der Waals surface area contributed by atoms with E-state index in [9.17, 15) is 14.7 Å². The number of carboxylic acid groups (broad SMARTS) is 1. The summed E-state index contributed by atoms with van der Waals surface area (Å²) in [5.74, 6) is -0.351. The molecule has 1 amide bonds. The molecule has 168 valence electrons. The molecule has 1 N–H and O–H groups in total. The van der Waals surface area contributed by atoms with Crippen molar-refractivity contribution < 1.29 is 19.4 Å². The van der Waals surface area contributed by atoms with Crippen LogP contribution in [0.5, 0.6) is 5.75 Å². The van der Waals surface area contributed by atoms with E-state index in [1.165, 1.54) is 16.9 Å². The fraction of sp³-hybridized carbons (Fsp3) is 0.391. The number of thiophene rings is 1. The zero-order valence-corrected chi connectivity index (χ0v) is 19.7. The molecule has 1 fully saturated rings. The average molecular weight is 472 g/mol. The van der Waals surface area contributed by atoms with Gasteiger partial charge in [-0.15, -0.1) is 11.3 Å². The van der Waals surface area contributed by atoms with Crippen LogP contribution in [0.3, 0.4) is 0 Å². The van der Waals surface area contributed by atoms with Crippen molar-refractivity contribution in [2.24, 2.45) is 0 Å². The van der Waals surface area contributed by atoms with Gasteiger partial charge in [-0.1, -0.05) is 0 Å². The number of nitrogens with zero attached hydrogens (tertiary/aromatic N) is 3. The molecule has 0 bridgehead atoms. The van der Waals surface area contributed by atoms with Gasteiger partial charge in [0.05, 0.1) is 31.0 Å². The molecule has 0 atom stereocenters. The number of amides is 1. The Balaban J connectivity index is 1.55. The number of thiazole rings is 1. The molecule has 3 heterocycles. The lowest BCUT2D eigenvalue weighted by molar-refractivity contribution is -0.134. The lowest BCUT2D eigenvalue weighted by Crippen LogP contribution is -2.40. The smallest absolute Gasteiger partial charge is 0.355 e. The summed E-state index contributed by atoms with van der Waals surface area (Å²) in [4.78, 5) is 36.4. The predicted octanol–water partition coefficient (Wildman–Crippen LogP) is 4.31. The number of carbonyl (C=O) groups excluding carboxylic acids is 1. The molecule has 7 nitrogen and oxygen atoms in total. The van der Waals surface area contributed by atoms with Crippen LogP contribution in [0.4, 0.5) is 0 Å². The molecule has 0 aliphatic heterocycles. The van der Waals surface area contributed by atoms with Crippen LogP contribution >= 0.6 is 22.7 Å². The van der Waals surface area contributed by atoms with Crippen molar-refractivity contribution in [1.29, 1.82) is 0 Å². The van der Waals surface area contributed by atoms with E-state index in [1.54, 1.807) is 31.6 Å². The van der Waals surface area contributed by atoms with Gasteiger partial charge in [0.15, 0.2) is 5.69 Å². The van der Waals surface area contributed by atoms with Gasteiger partial charge < -0.3 is 14.7 Å². The summed E-state index contributed by atoms with van der Waals surface area (Å²) in [7, 11) is 1.59. The van der Waals surface area contributed by atoms with E-state index in [4.69, 9.17) is 4.74 Å². The van der Waals surface area contributed by atoms with E-state index < -0.39 is 11.4 Å². The van der Waals surface area contributed by atoms with Crippen molar-refractivity contribution in [2.75, 3.05) is 13.7 Å². The quantitative estimate of drug-likeness (QED) is 0.474. The Kier molecular flexibility index (Phi) is 6.57. The van der Waals surface area contributed by atoms with Crippen LogP contribution in [0.2, 0.25) is 0 Å². The Morgan fingerprint density at radius 2 is 2.09 bits per heavy atom. The summed E-state index contributed by atoms with van der Waals surface area (Å²) >= 11 is 3.00. The molecule has 1 aliphatic carbocycles. The first-order valence-corrected chi connectivity index (χ1v) is 12.2. The zero-order chi connectivity index (χ0) is 22.7. The fourth-order valence-electron chi connectivity index (χ4n) is 3.83. The van der Waals surface area contributed by atoms with Crippen molar-refractivity contribution in [3.8, 4) is 5.75 Å². The van der Waals surface area contributed by atoms with Gasteiger partial charge in [0.2, 0.25) is 5.91 Å². The topological polar surface area (TPSA) is 92.6 Å². The molecule has 9 heteroatoms. The normalized spacial score (nSPS) is 14.2. The number of pyridine rings is 1. The number of rotatable bonds is 10. The second-order valence-corrected chi connectivity index (χ2v) is 10.0. The number of carbonyl (C=O) groups is 2. The maximum absolute atomic E-state index is 13.7. The molecular weight excluding hydrogens is 446 g/mol. The van der Waals surface area contributed by atoms with Gasteiger partial charge in [-0.3, -0.25) is 9.78 Å². The van der Waals surface area contributed by atoms with Gasteiger partial charge in [-0.2, -0.15) is 11.3 Å². The molecule has 32 heavy (non-hydrogen) atoms. The predicted molar refractivity (Wildman–Crippen MR) is 124 cm³/mol. The van der Waals surface area contributed by atoms with Crippen molar-refractivity contribution in [3.05, 3.63) is 62.0 Å². The fourth-order valence-corrected chi connectivity index (χ4v) is 5.48. The van der Waals surface area contributed by atoms with E-state index in [2.05, 4.69) is 26.8 Å². The molecule has 1 aliphatic rings. The summed E-state index contributed by atoms with van der Waals surface area (Å²) in [6.07, 6.45) is 4.86. The molecule has 1 saturated carbocycles. The third-order valence-corrected chi connectivity index (χ3v) is 7.44. The first-order chi connectivity index (χ1) is 15.4. The van der Waals surface area contributed by atoms with Crippen LogP contribution in [0.15, 0.2) is 35.2 Å². The third-order valence-electron chi connectivity index (χ3n) is 5.75. The van der Waals surface area contributed by atoms with Crippen molar-refractivity contribution in [1.82, 2.24) is 14.9 Å². The van der Waals surface area contributed by atoms with Gasteiger partial charge in [0, 0.05) is 11.4 Å². The standard InChI is InChI=1S/C23H25N3O4S2/c1-15-20(21(27)28)25-19(32-15)13-26(10-3-4-16-7-11-31-14-16)22(29)23(8-9-23)18-6-5-17(30-2)12-24-18/h5-7,11-12,14H,3-4,8-10,13H2,1-2H3,(H,27,28). The van der Waals surface area contributed by atoms with Crippen LogP contribution < -0.4 is 4.74 Å². The maximum Gasteiger partial charge on any atom is 0.355 e. The number of hydrogen-bond donors (Lipinski definition) is 1. The van der Waals surface area contributed by atoms with Crippen molar-refractivity contribution in [3.63, 3.8) is 0 Å². The summed E-state index contributed by atoms with van der Waals surface area (Å²) < 4.78 is 5.20. The molecule has 0 saturated heterocycles. The highest BCUT2D eigenvalue weighted by atomic mass is 32.1. The van der Waals surface area contributed by atoms with Gasteiger partial charge in [-0.25, -0.2) is 9.78 Å². The molecule has 0 unspecified atom stereocenters. The number of carboxylic acids is 1. The van der Waals surface area contributed by atoms with Crippen LogP contribution in [0.25, 0.3) is 0 Å². The first kappa shape index (κ1) is 22.4. The molecular formula is C23H25N3O4S2. The van der Waals surface area contributed by atoms with Crippen molar-refractivity contribution >= 4 is 34.6 Å². The average Bonchev–Trinajstić information content (AvgIpc) is 3.26. The summed E-state index contributed by atoms with van der Waals surface area (Å²) in [5, 5.41) is 14.2. The maximum atomic E-state index is 13.7. The van der Waals surface area contributed by atoms with Crippen LogP contribution in [0.1, 0.15) is 50.9 Å². The molecule has 3 aromatic rings. The summed E-state index contributed by atoms with van der Waals surface area (Å²) in [6, 6.07) is 5.80. The van der Waals surface area contributed by atoms with E-state index in [-0.39, 0.29) is 11.6 Å². The highest BCUT2D eigenvalue weighted by molar-refractivity contribution is 7.11. The number of ether oxygens (including phenoxy) is 1. The lowest BCUT2D eigenvalue weighted by atomic mass is 9.99. The number of aromatic nitrogens is 2. The van der Waals surface area contributed by atoms with Crippen LogP contribution in [-0.2, 0) is 23.2 Å². The summed E-state index contributed by atoms with van der Waals surface area (Å²) in [6.45, 7) is 2.63. The first-order valence-electron chi connectivity index (χ1n) is 10.4. The minimum atomic E-state index is -1.04. The Bertz CT molecular complexity index is 1090. The monoisotopic (exact) mass is 471 g/mol. The Hall–Kier alpha value is -2.78. The Labute approximate surface area is 194 Å². The molecule has 3 aromatic heterocycles. The van der Waals surface area contributed by atoms with Gasteiger partial charge >= 0.3 is 5.97 Å². The minimum Gasteiger partial charge on any atom is -0.495 e. The van der Waals surface area contributed by atoms with Gasteiger partial charge in [0.25, 0.3) is 0 Å². The Morgan fingerprint density at radius 1 is 1.28 bits per heavy atom. The second-order valence-electron chi connectivity index (χ2n) is 7.94. The second kappa shape index (κ2) is 9.38. The number of aryl methyl sites for hydroxylation is 2.